The van der Waals surface area contributed by atoms with Crippen LogP contribution in [0.5, 0.6) is 0 Å². The lowest BCUT2D eigenvalue weighted by Gasteiger charge is -2.05. The van der Waals surface area contributed by atoms with Gasteiger partial charge in [-0.25, -0.2) is 32.7 Å². The number of hydrogen-bond acceptors (Lipinski definition) is 8. The minimum absolute atomic E-state index is 0.00948. The van der Waals surface area contributed by atoms with Crippen molar-refractivity contribution in [3.05, 3.63) is 35.8 Å². The van der Waals surface area contributed by atoms with Gasteiger partial charge in [0.15, 0.2) is 26.2 Å². The van der Waals surface area contributed by atoms with E-state index >= 15 is 0 Å². The van der Waals surface area contributed by atoms with Gasteiger partial charge in [-0.05, 0) is 13.0 Å². The summed E-state index contributed by atoms with van der Waals surface area (Å²) in [6.07, 6.45) is -1.48. The van der Waals surface area contributed by atoms with Gasteiger partial charge < -0.3 is 9.30 Å². The minimum Gasteiger partial charge on any atom is -0.462 e. The van der Waals surface area contributed by atoms with Gasteiger partial charge in [0.05, 0.1) is 23.5 Å². The molecule has 0 radical (unpaired) electrons. The first kappa shape index (κ1) is 22.6. The number of nitrogens with zero attached hydrogens (tertiary/aromatic N) is 6. The molecule has 4 aromatic heterocycles. The normalized spacial score (nSPS) is 12.5. The summed E-state index contributed by atoms with van der Waals surface area (Å²) in [5.41, 5.74) is -0.880. The van der Waals surface area contributed by atoms with Gasteiger partial charge in [-0.15, -0.1) is 0 Å². The number of hydrogen-bond donors (Lipinski definition) is 0. The molecule has 0 atom stereocenters. The molecule has 0 saturated carbocycles. The Hall–Kier alpha value is -3.55. The van der Waals surface area contributed by atoms with Gasteiger partial charge in [-0.3, -0.25) is 0 Å². The summed E-state index contributed by atoms with van der Waals surface area (Å²) in [5, 5.41) is 3.74. The summed E-state index contributed by atoms with van der Waals surface area (Å²) >= 11 is 0. The van der Waals surface area contributed by atoms with Crippen molar-refractivity contribution >= 4 is 32.6 Å². The smallest absolute Gasteiger partial charge is 0.417 e. The number of carbonyl (C=O) groups excluding carboxylic acids is 1. The Kier molecular flexibility index (Phi) is 5.35. The van der Waals surface area contributed by atoms with Crippen LogP contribution in [0.3, 0.4) is 0 Å². The van der Waals surface area contributed by atoms with Gasteiger partial charge in [0, 0.05) is 25.6 Å². The lowest BCUT2D eigenvalue weighted by molar-refractivity contribution is -0.137. The molecule has 0 amide bonds. The van der Waals surface area contributed by atoms with E-state index in [4.69, 9.17) is 4.74 Å². The first-order valence-corrected chi connectivity index (χ1v) is 11.3. The van der Waals surface area contributed by atoms with Crippen LogP contribution in [0.4, 0.5) is 13.2 Å². The van der Waals surface area contributed by atoms with Crippen molar-refractivity contribution in [2.45, 2.75) is 25.0 Å². The Morgan fingerprint density at radius 2 is 1.85 bits per heavy atom. The maximum absolute atomic E-state index is 13.1. The average Bonchev–Trinajstić information content (AvgIpc) is 3.30. The highest BCUT2D eigenvalue weighted by atomic mass is 32.2. The summed E-state index contributed by atoms with van der Waals surface area (Å²) in [4.78, 5) is 24.3. The van der Waals surface area contributed by atoms with Gasteiger partial charge in [0.25, 0.3) is 0 Å². The van der Waals surface area contributed by atoms with E-state index in [9.17, 15) is 26.4 Å². The second-order valence-corrected chi connectivity index (χ2v) is 9.17. The fraction of sp³-hybridized carbons (Fsp3) is 0.316. The lowest BCUT2D eigenvalue weighted by Crippen LogP contribution is -2.08. The molecule has 174 valence electrons. The molecule has 0 aromatic carbocycles. The zero-order valence-electron chi connectivity index (χ0n) is 17.6. The van der Waals surface area contributed by atoms with E-state index in [2.05, 4.69) is 20.1 Å². The largest absolute Gasteiger partial charge is 0.462 e. The van der Waals surface area contributed by atoms with E-state index < -0.39 is 27.5 Å². The highest BCUT2D eigenvalue weighted by Crippen LogP contribution is 2.34. The summed E-state index contributed by atoms with van der Waals surface area (Å²) in [6.45, 7) is 3.18. The Labute approximate surface area is 185 Å². The molecule has 33 heavy (non-hydrogen) atoms. The number of aromatic nitrogens is 6. The van der Waals surface area contributed by atoms with Crippen molar-refractivity contribution < 1.29 is 31.1 Å². The predicted molar refractivity (Wildman–Crippen MR) is 109 cm³/mol. The van der Waals surface area contributed by atoms with E-state index in [-0.39, 0.29) is 51.1 Å². The molecule has 0 unspecified atom stereocenters. The van der Waals surface area contributed by atoms with Crippen molar-refractivity contribution in [3.8, 4) is 11.4 Å². The fourth-order valence-electron chi connectivity index (χ4n) is 3.24. The standard InChI is InChI=1S/C19H17F3N6O4S/c1-4-32-18(29)10-7-23-15-13(17(26-28(15)9-10)33(30,31)5-2)16-25-12-6-11(19(20,21)22)8-24-14(12)27(16)3/h6-9H,4-5H2,1-3H3. The van der Waals surface area contributed by atoms with E-state index in [1.54, 1.807) is 6.92 Å². The van der Waals surface area contributed by atoms with Crippen molar-refractivity contribution in [3.63, 3.8) is 0 Å². The molecule has 4 aromatic rings. The second kappa shape index (κ2) is 7.79. The number of pyridine rings is 1. The number of carbonyl (C=O) groups is 1. The first-order valence-electron chi connectivity index (χ1n) is 9.66. The molecule has 0 aliphatic heterocycles. The van der Waals surface area contributed by atoms with Gasteiger partial charge in [0.2, 0.25) is 0 Å². The number of sulfone groups is 1. The maximum Gasteiger partial charge on any atom is 0.417 e. The summed E-state index contributed by atoms with van der Waals surface area (Å²) < 4.78 is 72.3. The third-order valence-electron chi connectivity index (χ3n) is 4.89. The molecule has 0 bridgehead atoms. The van der Waals surface area contributed by atoms with Crippen molar-refractivity contribution in [1.82, 2.24) is 29.1 Å². The van der Waals surface area contributed by atoms with Crippen LogP contribution in [-0.2, 0) is 27.8 Å². The molecule has 0 saturated heterocycles. The highest BCUT2D eigenvalue weighted by molar-refractivity contribution is 7.91. The molecule has 0 fully saturated rings. The van der Waals surface area contributed by atoms with Gasteiger partial charge >= 0.3 is 12.1 Å². The zero-order valence-corrected chi connectivity index (χ0v) is 18.4. The SMILES string of the molecule is CCOC(=O)c1cnc2c(-c3nc4cc(C(F)(F)F)cnc4n3C)c(S(=O)(=O)CC)nn2c1. The van der Waals surface area contributed by atoms with Crippen LogP contribution in [0, 0.1) is 0 Å². The molecule has 10 nitrogen and oxygen atoms in total. The molecule has 4 heterocycles. The quantitative estimate of drug-likeness (QED) is 0.398. The maximum atomic E-state index is 13.1. The number of fused-ring (bicyclic) bond motifs is 2. The molecular weight excluding hydrogens is 465 g/mol. The summed E-state index contributed by atoms with van der Waals surface area (Å²) in [6, 6.07) is 0.831. The van der Waals surface area contributed by atoms with E-state index in [0.29, 0.717) is 6.20 Å². The minimum atomic E-state index is -4.62. The van der Waals surface area contributed by atoms with Crippen molar-refractivity contribution in [2.75, 3.05) is 12.4 Å². The van der Waals surface area contributed by atoms with Gasteiger partial charge in [-0.1, -0.05) is 6.92 Å². The van der Waals surface area contributed by atoms with E-state index in [0.717, 1.165) is 10.6 Å². The Bertz CT molecular complexity index is 1510. The zero-order chi connectivity index (χ0) is 24.1. The van der Waals surface area contributed by atoms with Crippen LogP contribution in [0.2, 0.25) is 0 Å². The number of rotatable bonds is 5. The summed E-state index contributed by atoms with van der Waals surface area (Å²) in [5.74, 6) is -0.958. The number of aryl methyl sites for hydroxylation is 1. The fourth-order valence-corrected chi connectivity index (χ4v) is 4.22. The molecule has 14 heteroatoms. The van der Waals surface area contributed by atoms with Gasteiger partial charge in [0.1, 0.15) is 16.9 Å². The molecule has 0 spiro atoms. The highest BCUT2D eigenvalue weighted by Gasteiger charge is 2.33. The Balaban J connectivity index is 2.01. The number of esters is 1. The summed E-state index contributed by atoms with van der Waals surface area (Å²) in [7, 11) is -2.42. The monoisotopic (exact) mass is 482 g/mol. The van der Waals surface area contributed by atoms with Crippen molar-refractivity contribution in [2.24, 2.45) is 7.05 Å². The van der Waals surface area contributed by atoms with Gasteiger partial charge in [-0.2, -0.15) is 18.3 Å². The Morgan fingerprint density at radius 1 is 1.15 bits per heavy atom. The number of ether oxygens (including phenoxy) is 1. The van der Waals surface area contributed by atoms with Crippen LogP contribution in [0.1, 0.15) is 29.8 Å². The van der Waals surface area contributed by atoms with Crippen LogP contribution in [-0.4, -0.2) is 55.9 Å². The molecule has 0 aliphatic carbocycles. The van der Waals surface area contributed by atoms with Crippen LogP contribution in [0.15, 0.2) is 29.7 Å². The molecule has 0 N–H and O–H groups in total. The molecule has 4 rings (SSSR count). The third kappa shape index (κ3) is 3.79. The van der Waals surface area contributed by atoms with E-state index in [1.165, 1.54) is 30.9 Å². The van der Waals surface area contributed by atoms with Crippen LogP contribution >= 0.6 is 0 Å². The number of halogens is 3. The second-order valence-electron chi connectivity index (χ2n) is 6.97. The Morgan fingerprint density at radius 3 is 2.48 bits per heavy atom. The molecular formula is C19H17F3N6O4S. The number of imidazole rings is 1. The van der Waals surface area contributed by atoms with Crippen LogP contribution < -0.4 is 0 Å². The van der Waals surface area contributed by atoms with E-state index in [1.807, 2.05) is 0 Å². The first-order chi connectivity index (χ1) is 15.5. The average molecular weight is 482 g/mol. The third-order valence-corrected chi connectivity index (χ3v) is 6.52. The molecule has 0 aliphatic rings. The topological polar surface area (TPSA) is 121 Å². The lowest BCUT2D eigenvalue weighted by atomic mass is 10.2. The predicted octanol–water partition coefficient (Wildman–Crippen LogP) is 2.67. The van der Waals surface area contributed by atoms with Crippen LogP contribution in [0.25, 0.3) is 28.2 Å². The van der Waals surface area contributed by atoms with Crippen molar-refractivity contribution in [1.29, 1.82) is 0 Å². The number of alkyl halides is 3.